The van der Waals surface area contributed by atoms with Gasteiger partial charge >= 0.3 is 0 Å². The fraction of sp³-hybridized carbons (Fsp3) is 0.650. The van der Waals surface area contributed by atoms with E-state index in [4.69, 9.17) is 5.10 Å². The van der Waals surface area contributed by atoms with Crippen LogP contribution >= 0.6 is 24.8 Å². The van der Waals surface area contributed by atoms with Crippen LogP contribution in [0.5, 0.6) is 0 Å². The van der Waals surface area contributed by atoms with Gasteiger partial charge in [-0.1, -0.05) is 12.8 Å². The highest BCUT2D eigenvalue weighted by atomic mass is 35.5. The largest absolute Gasteiger partial charge is 0.339 e. The summed E-state index contributed by atoms with van der Waals surface area (Å²) in [6.07, 6.45) is 10.5. The monoisotopic (exact) mass is 440 g/mol. The number of nitrogens with zero attached hydrogens (tertiary/aromatic N) is 5. The molecule has 1 saturated heterocycles. The van der Waals surface area contributed by atoms with Gasteiger partial charge in [-0.05, 0) is 31.9 Å². The van der Waals surface area contributed by atoms with Gasteiger partial charge in [0.15, 0.2) is 5.82 Å². The molecule has 9 heteroatoms. The maximum absolute atomic E-state index is 12.5. The second kappa shape index (κ2) is 9.49. The Hall–Kier alpha value is -1.57. The fourth-order valence-corrected chi connectivity index (χ4v) is 4.94. The Bertz CT molecular complexity index is 805. The quantitative estimate of drug-likeness (QED) is 0.793. The van der Waals surface area contributed by atoms with Gasteiger partial charge in [0, 0.05) is 57.0 Å². The van der Waals surface area contributed by atoms with E-state index in [0.29, 0.717) is 24.3 Å². The van der Waals surface area contributed by atoms with Crippen LogP contribution in [-0.4, -0.2) is 49.3 Å². The molecule has 1 amide bonds. The number of amides is 1. The molecule has 1 N–H and O–H groups in total. The van der Waals surface area contributed by atoms with Crippen molar-refractivity contribution >= 4 is 30.7 Å². The van der Waals surface area contributed by atoms with E-state index in [0.717, 1.165) is 50.7 Å². The van der Waals surface area contributed by atoms with E-state index in [2.05, 4.69) is 30.5 Å². The van der Waals surface area contributed by atoms with Crippen LogP contribution in [0.2, 0.25) is 0 Å². The SMILES string of the molecule is Cl.Cl.O=C1CC(Cn2ccnc2-c2cc3n(n2)CCCNC3)CN1C1CCCC1. The average Bonchev–Trinajstić information content (AvgIpc) is 3.42. The zero-order valence-corrected chi connectivity index (χ0v) is 18.3. The molecule has 1 aliphatic carbocycles. The van der Waals surface area contributed by atoms with Crippen LogP contribution in [0.4, 0.5) is 0 Å². The van der Waals surface area contributed by atoms with E-state index in [1.165, 1.54) is 31.4 Å². The number of rotatable bonds is 4. The molecule has 5 rings (SSSR count). The Labute approximate surface area is 184 Å². The number of hydrogen-bond donors (Lipinski definition) is 1. The van der Waals surface area contributed by atoms with Crippen LogP contribution in [0.3, 0.4) is 0 Å². The molecule has 0 bridgehead atoms. The molecule has 4 heterocycles. The van der Waals surface area contributed by atoms with Crippen molar-refractivity contribution < 1.29 is 4.79 Å². The third kappa shape index (κ3) is 4.47. The molecule has 29 heavy (non-hydrogen) atoms. The molecule has 0 radical (unpaired) electrons. The molecule has 2 aromatic heterocycles. The van der Waals surface area contributed by atoms with Crippen molar-refractivity contribution in [2.24, 2.45) is 5.92 Å². The van der Waals surface area contributed by atoms with Crippen molar-refractivity contribution in [2.45, 2.75) is 64.2 Å². The fourth-order valence-electron chi connectivity index (χ4n) is 4.94. The lowest BCUT2D eigenvalue weighted by Gasteiger charge is -2.24. The number of fused-ring (bicyclic) bond motifs is 1. The Kier molecular flexibility index (Phi) is 7.24. The minimum atomic E-state index is 0. The van der Waals surface area contributed by atoms with Gasteiger partial charge in [-0.2, -0.15) is 5.10 Å². The topological polar surface area (TPSA) is 68.0 Å². The van der Waals surface area contributed by atoms with E-state index in [-0.39, 0.29) is 24.8 Å². The molecule has 1 atom stereocenters. The minimum absolute atomic E-state index is 0. The van der Waals surface area contributed by atoms with Crippen LogP contribution in [0, 0.1) is 5.92 Å². The van der Waals surface area contributed by atoms with Gasteiger partial charge in [0.05, 0.1) is 5.69 Å². The first-order valence-electron chi connectivity index (χ1n) is 10.4. The maximum atomic E-state index is 12.5. The van der Waals surface area contributed by atoms with E-state index < -0.39 is 0 Å². The highest BCUT2D eigenvalue weighted by Gasteiger charge is 2.35. The Morgan fingerprint density at radius 1 is 1.17 bits per heavy atom. The first kappa shape index (κ1) is 22.1. The Morgan fingerprint density at radius 2 is 2.00 bits per heavy atom. The molecule has 2 aliphatic heterocycles. The molecule has 0 spiro atoms. The number of hydrogen-bond acceptors (Lipinski definition) is 4. The lowest BCUT2D eigenvalue weighted by Crippen LogP contribution is -2.34. The molecular formula is C20H30Cl2N6O. The van der Waals surface area contributed by atoms with Gasteiger partial charge in [0.25, 0.3) is 0 Å². The summed E-state index contributed by atoms with van der Waals surface area (Å²) < 4.78 is 4.29. The smallest absolute Gasteiger partial charge is 0.223 e. The van der Waals surface area contributed by atoms with E-state index in [1.54, 1.807) is 0 Å². The van der Waals surface area contributed by atoms with E-state index >= 15 is 0 Å². The molecule has 2 fully saturated rings. The highest BCUT2D eigenvalue weighted by Crippen LogP contribution is 2.30. The standard InChI is InChI=1S/C20H28N6O.2ClH/c27-19-10-15(14-25(19)16-4-1-2-5-16)13-24-9-7-22-20(24)18-11-17-12-21-6-3-8-26(17)23-18;;/h7,9,11,15-16,21H,1-6,8,10,12-14H2;2*1H. The summed E-state index contributed by atoms with van der Waals surface area (Å²) in [6.45, 7) is 4.59. The molecule has 7 nitrogen and oxygen atoms in total. The third-order valence-corrected chi connectivity index (χ3v) is 6.30. The summed E-state index contributed by atoms with van der Waals surface area (Å²) >= 11 is 0. The molecule has 160 valence electrons. The zero-order valence-electron chi connectivity index (χ0n) is 16.6. The first-order chi connectivity index (χ1) is 13.3. The molecule has 1 unspecified atom stereocenters. The van der Waals surface area contributed by atoms with E-state index in [9.17, 15) is 4.79 Å². The zero-order chi connectivity index (χ0) is 18.2. The summed E-state index contributed by atoms with van der Waals surface area (Å²) in [7, 11) is 0. The summed E-state index contributed by atoms with van der Waals surface area (Å²) in [5, 5.41) is 8.24. The second-order valence-corrected chi connectivity index (χ2v) is 8.23. The van der Waals surface area contributed by atoms with Crippen LogP contribution in [-0.2, 0) is 24.4 Å². The number of aryl methyl sites for hydroxylation is 1. The van der Waals surface area contributed by atoms with Gasteiger partial charge < -0.3 is 14.8 Å². The van der Waals surface area contributed by atoms with Crippen LogP contribution < -0.4 is 5.32 Å². The first-order valence-corrected chi connectivity index (χ1v) is 10.4. The number of aromatic nitrogens is 4. The molecule has 0 aromatic carbocycles. The van der Waals surface area contributed by atoms with Crippen molar-refractivity contribution in [3.05, 3.63) is 24.2 Å². The van der Waals surface area contributed by atoms with Gasteiger partial charge in [-0.3, -0.25) is 9.48 Å². The number of imidazole rings is 1. The molecular weight excluding hydrogens is 411 g/mol. The lowest BCUT2D eigenvalue weighted by molar-refractivity contribution is -0.129. The van der Waals surface area contributed by atoms with Crippen LogP contribution in [0.1, 0.15) is 44.2 Å². The van der Waals surface area contributed by atoms with Crippen LogP contribution in [0.15, 0.2) is 18.5 Å². The maximum Gasteiger partial charge on any atom is 0.223 e. The van der Waals surface area contributed by atoms with Crippen molar-refractivity contribution in [1.82, 2.24) is 29.5 Å². The van der Waals surface area contributed by atoms with Gasteiger partial charge in [0.1, 0.15) is 5.69 Å². The van der Waals surface area contributed by atoms with Gasteiger partial charge in [-0.15, -0.1) is 24.8 Å². The predicted octanol–water partition coefficient (Wildman–Crippen LogP) is 2.87. The Morgan fingerprint density at radius 3 is 2.83 bits per heavy atom. The lowest BCUT2D eigenvalue weighted by atomic mass is 10.1. The number of nitrogens with one attached hydrogen (secondary N) is 1. The summed E-state index contributed by atoms with van der Waals surface area (Å²) in [6, 6.07) is 2.64. The molecule has 1 saturated carbocycles. The normalized spacial score (nSPS) is 22.1. The number of halogens is 2. The van der Waals surface area contributed by atoms with Crippen molar-refractivity contribution in [3.8, 4) is 11.5 Å². The number of carbonyl (C=O) groups excluding carboxylic acids is 1. The summed E-state index contributed by atoms with van der Waals surface area (Å²) in [5.74, 6) is 1.63. The predicted molar refractivity (Wildman–Crippen MR) is 116 cm³/mol. The van der Waals surface area contributed by atoms with Crippen molar-refractivity contribution in [1.29, 1.82) is 0 Å². The van der Waals surface area contributed by atoms with Gasteiger partial charge in [0.2, 0.25) is 5.91 Å². The number of carbonyl (C=O) groups is 1. The van der Waals surface area contributed by atoms with E-state index in [1.807, 2.05) is 12.4 Å². The summed E-state index contributed by atoms with van der Waals surface area (Å²) in [4.78, 5) is 19.2. The van der Waals surface area contributed by atoms with Crippen LogP contribution in [0.25, 0.3) is 11.5 Å². The average molecular weight is 441 g/mol. The minimum Gasteiger partial charge on any atom is -0.339 e. The van der Waals surface area contributed by atoms with Gasteiger partial charge in [-0.25, -0.2) is 4.98 Å². The summed E-state index contributed by atoms with van der Waals surface area (Å²) in [5.41, 5.74) is 2.16. The second-order valence-electron chi connectivity index (χ2n) is 8.23. The Balaban J connectivity index is 0.00000120. The molecule has 3 aliphatic rings. The molecule has 2 aromatic rings. The van der Waals surface area contributed by atoms with Crippen molar-refractivity contribution in [2.75, 3.05) is 13.1 Å². The highest BCUT2D eigenvalue weighted by molar-refractivity contribution is 5.85. The number of likely N-dealkylation sites (tertiary alicyclic amines) is 1. The van der Waals surface area contributed by atoms with Crippen molar-refractivity contribution in [3.63, 3.8) is 0 Å². The third-order valence-electron chi connectivity index (χ3n) is 6.30.